The zero-order chi connectivity index (χ0) is 17.1. The molecule has 3 rings (SSSR count). The number of carbonyl (C=O) groups excluding carboxylic acids is 1. The van der Waals surface area contributed by atoms with Gasteiger partial charge < -0.3 is 14.3 Å². The van der Waals surface area contributed by atoms with Crippen molar-refractivity contribution in [3.8, 4) is 5.75 Å². The number of furan rings is 1. The molecule has 1 heterocycles. The number of para-hydroxylation sites is 2. The first-order valence-corrected chi connectivity index (χ1v) is 7.60. The normalized spacial score (nSPS) is 10.7. The maximum atomic E-state index is 13.1. The summed E-state index contributed by atoms with van der Waals surface area (Å²) in [6.45, 7) is 1.42. The van der Waals surface area contributed by atoms with Crippen LogP contribution in [-0.4, -0.2) is 23.5 Å². The van der Waals surface area contributed by atoms with Crippen molar-refractivity contribution >= 4 is 22.7 Å². The van der Waals surface area contributed by atoms with E-state index >= 15 is 0 Å². The molecule has 0 aliphatic heterocycles. The Bertz CT molecular complexity index is 907. The fourth-order valence-electron chi connectivity index (χ4n) is 2.65. The molecule has 0 atom stereocenters. The van der Waals surface area contributed by atoms with Gasteiger partial charge in [0.2, 0.25) is 5.78 Å². The number of carboxylic acids is 1. The van der Waals surface area contributed by atoms with Gasteiger partial charge in [-0.2, -0.15) is 0 Å². The van der Waals surface area contributed by atoms with Crippen molar-refractivity contribution in [2.75, 3.05) is 6.61 Å². The van der Waals surface area contributed by atoms with Gasteiger partial charge in [0.05, 0.1) is 11.1 Å². The van der Waals surface area contributed by atoms with Gasteiger partial charge in [0.1, 0.15) is 17.1 Å². The molecule has 2 aromatic carbocycles. The number of rotatable bonds is 6. The number of hydrogen-bond donors (Lipinski definition) is 1. The fraction of sp³-hybridized carbons (Fsp3) is 0.158. The number of ketones is 1. The third kappa shape index (κ3) is 2.88. The van der Waals surface area contributed by atoms with E-state index in [0.29, 0.717) is 28.9 Å². The molecular formula is C19H16O5. The third-order valence-electron chi connectivity index (χ3n) is 3.70. The van der Waals surface area contributed by atoms with Crippen LogP contribution in [0.15, 0.2) is 52.9 Å². The third-order valence-corrected chi connectivity index (χ3v) is 3.70. The monoisotopic (exact) mass is 324 g/mol. The van der Waals surface area contributed by atoms with Gasteiger partial charge in [-0.1, -0.05) is 37.3 Å². The molecule has 122 valence electrons. The number of aliphatic carboxylic acids is 1. The second kappa shape index (κ2) is 6.58. The minimum atomic E-state index is -1.10. The lowest BCUT2D eigenvalue weighted by molar-refractivity contribution is -0.139. The Hall–Kier alpha value is -3.08. The van der Waals surface area contributed by atoms with E-state index in [0.717, 1.165) is 5.39 Å². The molecule has 5 nitrogen and oxygen atoms in total. The lowest BCUT2D eigenvalue weighted by atomic mass is 9.98. The van der Waals surface area contributed by atoms with Gasteiger partial charge in [-0.05, 0) is 18.2 Å². The first-order chi connectivity index (χ1) is 11.6. The number of fused-ring (bicyclic) bond motifs is 1. The van der Waals surface area contributed by atoms with Crippen LogP contribution in [0.25, 0.3) is 11.0 Å². The van der Waals surface area contributed by atoms with E-state index < -0.39 is 12.6 Å². The number of benzene rings is 2. The maximum Gasteiger partial charge on any atom is 0.341 e. The molecule has 1 N–H and O–H groups in total. The Labute approximate surface area is 138 Å². The van der Waals surface area contributed by atoms with E-state index in [1.54, 1.807) is 24.3 Å². The standard InChI is InChI=1S/C19H16O5/c1-2-14-18(12-7-3-6-10-16(12)24-14)19(22)13-8-4-5-9-15(13)23-11-17(20)21/h3-10H,2,11H2,1H3,(H,20,21). The summed E-state index contributed by atoms with van der Waals surface area (Å²) >= 11 is 0. The molecule has 5 heteroatoms. The molecular weight excluding hydrogens is 308 g/mol. The summed E-state index contributed by atoms with van der Waals surface area (Å²) < 4.78 is 11.0. The van der Waals surface area contributed by atoms with Crippen molar-refractivity contribution in [2.24, 2.45) is 0 Å². The summed E-state index contributed by atoms with van der Waals surface area (Å²) in [5.74, 6) is -0.482. The van der Waals surface area contributed by atoms with Crippen LogP contribution in [0, 0.1) is 0 Å². The van der Waals surface area contributed by atoms with Gasteiger partial charge in [0.15, 0.2) is 6.61 Å². The average Bonchev–Trinajstić information content (AvgIpc) is 2.98. The average molecular weight is 324 g/mol. The minimum Gasteiger partial charge on any atom is -0.481 e. The topological polar surface area (TPSA) is 76.7 Å². The van der Waals surface area contributed by atoms with Crippen molar-refractivity contribution < 1.29 is 23.8 Å². The zero-order valence-corrected chi connectivity index (χ0v) is 13.1. The number of hydrogen-bond acceptors (Lipinski definition) is 4. The van der Waals surface area contributed by atoms with Gasteiger partial charge in [-0.25, -0.2) is 4.79 Å². The lowest BCUT2D eigenvalue weighted by Gasteiger charge is -2.09. The largest absolute Gasteiger partial charge is 0.481 e. The molecule has 0 aliphatic rings. The van der Waals surface area contributed by atoms with Crippen molar-refractivity contribution in [1.82, 2.24) is 0 Å². The number of carboxylic acid groups (broad SMARTS) is 1. The summed E-state index contributed by atoms with van der Waals surface area (Å²) in [5.41, 5.74) is 1.47. The fourth-order valence-corrected chi connectivity index (χ4v) is 2.65. The van der Waals surface area contributed by atoms with E-state index in [1.807, 2.05) is 31.2 Å². The first kappa shape index (κ1) is 15.8. The van der Waals surface area contributed by atoms with E-state index in [1.165, 1.54) is 0 Å². The molecule has 1 aromatic heterocycles. The van der Waals surface area contributed by atoms with Gasteiger partial charge in [-0.3, -0.25) is 4.79 Å². The number of aryl methyl sites for hydroxylation is 1. The van der Waals surface area contributed by atoms with Crippen molar-refractivity contribution in [3.63, 3.8) is 0 Å². The molecule has 0 radical (unpaired) electrons. The summed E-state index contributed by atoms with van der Waals surface area (Å²) in [5, 5.41) is 9.53. The van der Waals surface area contributed by atoms with Gasteiger partial charge in [0, 0.05) is 11.8 Å². The summed E-state index contributed by atoms with van der Waals surface area (Å²) in [6.07, 6.45) is 0.577. The Balaban J connectivity index is 2.09. The molecule has 0 saturated carbocycles. The number of ether oxygens (including phenoxy) is 1. The van der Waals surface area contributed by atoms with Crippen LogP contribution >= 0.6 is 0 Å². The minimum absolute atomic E-state index is 0.238. The predicted octanol–water partition coefficient (Wildman–Crippen LogP) is 3.69. The van der Waals surface area contributed by atoms with Crippen LogP contribution in [0.5, 0.6) is 5.75 Å². The molecule has 0 aliphatic carbocycles. The summed E-state index contributed by atoms with van der Waals surface area (Å²) in [4.78, 5) is 23.8. The lowest BCUT2D eigenvalue weighted by Crippen LogP contribution is -2.12. The van der Waals surface area contributed by atoms with Gasteiger partial charge >= 0.3 is 5.97 Å². The number of carbonyl (C=O) groups is 2. The molecule has 0 fully saturated rings. The van der Waals surface area contributed by atoms with E-state index in [-0.39, 0.29) is 11.5 Å². The zero-order valence-electron chi connectivity index (χ0n) is 13.1. The quantitative estimate of drug-likeness (QED) is 0.700. The molecule has 0 amide bonds. The first-order valence-electron chi connectivity index (χ1n) is 7.60. The summed E-state index contributed by atoms with van der Waals surface area (Å²) in [6, 6.07) is 14.0. The highest BCUT2D eigenvalue weighted by molar-refractivity contribution is 6.18. The molecule has 24 heavy (non-hydrogen) atoms. The predicted molar refractivity (Wildman–Crippen MR) is 88.6 cm³/mol. The van der Waals surface area contributed by atoms with E-state index in [2.05, 4.69) is 0 Å². The van der Waals surface area contributed by atoms with Gasteiger partial charge in [-0.15, -0.1) is 0 Å². The van der Waals surface area contributed by atoms with Crippen LogP contribution in [0.1, 0.15) is 28.6 Å². The molecule has 0 saturated heterocycles. The van der Waals surface area contributed by atoms with Crippen LogP contribution in [0.3, 0.4) is 0 Å². The Morgan fingerprint density at radius 2 is 1.79 bits per heavy atom. The van der Waals surface area contributed by atoms with Crippen molar-refractivity contribution in [3.05, 3.63) is 65.4 Å². The van der Waals surface area contributed by atoms with E-state index in [9.17, 15) is 9.59 Å². The second-order valence-electron chi connectivity index (χ2n) is 5.26. The molecule has 0 spiro atoms. The maximum absolute atomic E-state index is 13.1. The highest BCUT2D eigenvalue weighted by Gasteiger charge is 2.23. The summed E-state index contributed by atoms with van der Waals surface area (Å²) in [7, 11) is 0. The van der Waals surface area contributed by atoms with E-state index in [4.69, 9.17) is 14.3 Å². The second-order valence-corrected chi connectivity index (χ2v) is 5.26. The van der Waals surface area contributed by atoms with Gasteiger partial charge in [0.25, 0.3) is 0 Å². The van der Waals surface area contributed by atoms with Crippen LogP contribution < -0.4 is 4.74 Å². The van der Waals surface area contributed by atoms with Crippen molar-refractivity contribution in [1.29, 1.82) is 0 Å². The Morgan fingerprint density at radius 3 is 2.54 bits per heavy atom. The molecule has 0 bridgehead atoms. The Kier molecular flexibility index (Phi) is 4.33. The SMILES string of the molecule is CCc1oc2ccccc2c1C(=O)c1ccccc1OCC(=O)O. The van der Waals surface area contributed by atoms with Crippen LogP contribution in [0.2, 0.25) is 0 Å². The molecule has 0 unspecified atom stereocenters. The van der Waals surface area contributed by atoms with Crippen molar-refractivity contribution in [2.45, 2.75) is 13.3 Å². The highest BCUT2D eigenvalue weighted by atomic mass is 16.5. The van der Waals surface area contributed by atoms with Crippen LogP contribution in [-0.2, 0) is 11.2 Å². The molecule has 3 aromatic rings. The van der Waals surface area contributed by atoms with Crippen LogP contribution in [0.4, 0.5) is 0 Å². The Morgan fingerprint density at radius 1 is 1.08 bits per heavy atom. The smallest absolute Gasteiger partial charge is 0.341 e. The highest BCUT2D eigenvalue weighted by Crippen LogP contribution is 2.31.